The monoisotopic (exact) mass is 373 g/mol. The molecule has 1 aromatic rings. The summed E-state index contributed by atoms with van der Waals surface area (Å²) in [4.78, 5) is 12.7. The number of amides is 1. The number of aryl methyl sites for hydroxylation is 1. The molecule has 0 radical (unpaired) electrons. The third-order valence-corrected chi connectivity index (χ3v) is 5.15. The van der Waals surface area contributed by atoms with Gasteiger partial charge in [-0.3, -0.25) is 4.79 Å². The summed E-state index contributed by atoms with van der Waals surface area (Å²) in [5.74, 6) is 0.0157. The van der Waals surface area contributed by atoms with Gasteiger partial charge in [-0.15, -0.1) is 0 Å². The standard InChI is InChI=1S/C14H17Br2NO/c1-9-6-7-11(15)10(8-9)14(18)17-13-5-3-2-4-12(13)16/h6-8,12-13H,2-5H2,1H3,(H,17,18). The van der Waals surface area contributed by atoms with Crippen molar-refractivity contribution in [3.8, 4) is 0 Å². The Labute approximate surface area is 125 Å². The van der Waals surface area contributed by atoms with Crippen molar-refractivity contribution in [1.29, 1.82) is 0 Å². The smallest absolute Gasteiger partial charge is 0.252 e. The molecule has 1 aliphatic rings. The quantitative estimate of drug-likeness (QED) is 0.772. The van der Waals surface area contributed by atoms with Crippen molar-refractivity contribution < 1.29 is 4.79 Å². The summed E-state index contributed by atoms with van der Waals surface area (Å²) in [6.07, 6.45) is 4.64. The Balaban J connectivity index is 2.09. The third-order valence-electron chi connectivity index (χ3n) is 3.36. The van der Waals surface area contributed by atoms with Crippen molar-refractivity contribution in [2.75, 3.05) is 0 Å². The fourth-order valence-electron chi connectivity index (χ4n) is 2.31. The molecular weight excluding hydrogens is 358 g/mol. The van der Waals surface area contributed by atoms with E-state index in [-0.39, 0.29) is 11.9 Å². The molecule has 0 aromatic heterocycles. The summed E-state index contributed by atoms with van der Waals surface area (Å²) >= 11 is 7.10. The van der Waals surface area contributed by atoms with E-state index >= 15 is 0 Å². The average molecular weight is 375 g/mol. The molecule has 1 aliphatic carbocycles. The Morgan fingerprint density at radius 2 is 2.06 bits per heavy atom. The molecule has 2 nitrogen and oxygen atoms in total. The molecule has 4 heteroatoms. The van der Waals surface area contributed by atoms with Gasteiger partial charge in [0, 0.05) is 15.3 Å². The molecule has 1 aromatic carbocycles. The van der Waals surface area contributed by atoms with Crippen LogP contribution in [0.4, 0.5) is 0 Å². The van der Waals surface area contributed by atoms with Gasteiger partial charge in [-0.2, -0.15) is 0 Å². The number of nitrogens with one attached hydrogen (secondary N) is 1. The molecule has 1 saturated carbocycles. The third kappa shape index (κ3) is 3.35. The van der Waals surface area contributed by atoms with Gasteiger partial charge in [0.15, 0.2) is 0 Å². The van der Waals surface area contributed by atoms with Crippen molar-refractivity contribution in [3.05, 3.63) is 33.8 Å². The van der Waals surface area contributed by atoms with Crippen molar-refractivity contribution in [2.24, 2.45) is 0 Å². The predicted molar refractivity (Wildman–Crippen MR) is 81.3 cm³/mol. The van der Waals surface area contributed by atoms with E-state index in [4.69, 9.17) is 0 Å². The highest BCUT2D eigenvalue weighted by Gasteiger charge is 2.25. The molecule has 18 heavy (non-hydrogen) atoms. The minimum Gasteiger partial charge on any atom is -0.348 e. The predicted octanol–water partition coefficient (Wildman–Crippen LogP) is 4.19. The van der Waals surface area contributed by atoms with Gasteiger partial charge in [-0.1, -0.05) is 40.4 Å². The van der Waals surface area contributed by atoms with Crippen molar-refractivity contribution in [2.45, 2.75) is 43.5 Å². The minimum absolute atomic E-state index is 0.0157. The highest BCUT2D eigenvalue weighted by molar-refractivity contribution is 9.10. The maximum atomic E-state index is 12.3. The van der Waals surface area contributed by atoms with Gasteiger partial charge >= 0.3 is 0 Å². The van der Waals surface area contributed by atoms with Gasteiger partial charge < -0.3 is 5.32 Å². The summed E-state index contributed by atoms with van der Waals surface area (Å²) in [6.45, 7) is 2.00. The lowest BCUT2D eigenvalue weighted by Crippen LogP contribution is -2.42. The second-order valence-corrected chi connectivity index (χ2v) is 6.89. The fraction of sp³-hybridized carbons (Fsp3) is 0.500. The SMILES string of the molecule is Cc1ccc(Br)c(C(=O)NC2CCCCC2Br)c1. The van der Waals surface area contributed by atoms with Crippen LogP contribution in [-0.4, -0.2) is 16.8 Å². The lowest BCUT2D eigenvalue weighted by molar-refractivity contribution is 0.0929. The maximum absolute atomic E-state index is 12.3. The molecule has 0 spiro atoms. The molecular formula is C14H17Br2NO. The fourth-order valence-corrected chi connectivity index (χ4v) is 3.45. The van der Waals surface area contributed by atoms with E-state index in [9.17, 15) is 4.79 Å². The molecule has 2 rings (SSSR count). The van der Waals surface area contributed by atoms with E-state index in [1.54, 1.807) is 0 Å². The van der Waals surface area contributed by atoms with E-state index in [1.807, 2.05) is 25.1 Å². The summed E-state index contributed by atoms with van der Waals surface area (Å²) in [7, 11) is 0. The largest absolute Gasteiger partial charge is 0.348 e. The van der Waals surface area contributed by atoms with Crippen LogP contribution in [0.2, 0.25) is 0 Å². The number of alkyl halides is 1. The normalized spacial score (nSPS) is 23.7. The molecule has 0 bridgehead atoms. The van der Waals surface area contributed by atoms with Crippen LogP contribution in [0.1, 0.15) is 41.6 Å². The van der Waals surface area contributed by atoms with Crippen molar-refractivity contribution in [3.63, 3.8) is 0 Å². The molecule has 2 atom stereocenters. The molecule has 2 unspecified atom stereocenters. The summed E-state index contributed by atoms with van der Waals surface area (Å²) in [6, 6.07) is 6.09. The van der Waals surface area contributed by atoms with Gasteiger partial charge in [0.25, 0.3) is 5.91 Å². The molecule has 0 heterocycles. The maximum Gasteiger partial charge on any atom is 0.252 e. The van der Waals surface area contributed by atoms with E-state index < -0.39 is 0 Å². The first-order chi connectivity index (χ1) is 8.58. The zero-order chi connectivity index (χ0) is 13.1. The van der Waals surface area contributed by atoms with E-state index in [2.05, 4.69) is 37.2 Å². The Bertz CT molecular complexity index is 447. The highest BCUT2D eigenvalue weighted by atomic mass is 79.9. The zero-order valence-electron chi connectivity index (χ0n) is 10.4. The summed E-state index contributed by atoms with van der Waals surface area (Å²) < 4.78 is 0.854. The number of hydrogen-bond acceptors (Lipinski definition) is 1. The van der Waals surface area contributed by atoms with E-state index in [0.717, 1.165) is 28.4 Å². The number of rotatable bonds is 2. The topological polar surface area (TPSA) is 29.1 Å². The lowest BCUT2D eigenvalue weighted by atomic mass is 9.95. The highest BCUT2D eigenvalue weighted by Crippen LogP contribution is 2.25. The van der Waals surface area contributed by atoms with Gasteiger partial charge in [0.1, 0.15) is 0 Å². The van der Waals surface area contributed by atoms with Crippen LogP contribution in [0, 0.1) is 6.92 Å². The van der Waals surface area contributed by atoms with Gasteiger partial charge in [0.2, 0.25) is 0 Å². The number of hydrogen-bond donors (Lipinski definition) is 1. The molecule has 1 N–H and O–H groups in total. The number of carbonyl (C=O) groups excluding carboxylic acids is 1. The van der Waals surface area contributed by atoms with Crippen LogP contribution < -0.4 is 5.32 Å². The van der Waals surface area contributed by atoms with Crippen LogP contribution in [0.3, 0.4) is 0 Å². The Morgan fingerprint density at radius 1 is 1.33 bits per heavy atom. The van der Waals surface area contributed by atoms with E-state index in [0.29, 0.717) is 4.83 Å². The molecule has 1 fully saturated rings. The van der Waals surface area contributed by atoms with Gasteiger partial charge in [0.05, 0.1) is 5.56 Å². The second kappa shape index (κ2) is 6.20. The summed E-state index contributed by atoms with van der Waals surface area (Å²) in [5, 5.41) is 3.14. The molecule has 1 amide bonds. The van der Waals surface area contributed by atoms with Crippen molar-refractivity contribution >= 4 is 37.8 Å². The first-order valence-corrected chi connectivity index (χ1v) is 8.00. The van der Waals surface area contributed by atoms with Gasteiger partial charge in [-0.25, -0.2) is 0 Å². The minimum atomic E-state index is 0.0157. The van der Waals surface area contributed by atoms with Crippen molar-refractivity contribution in [1.82, 2.24) is 5.32 Å². The lowest BCUT2D eigenvalue weighted by Gasteiger charge is -2.28. The van der Waals surface area contributed by atoms with Crippen LogP contribution in [0.5, 0.6) is 0 Å². The number of benzene rings is 1. The zero-order valence-corrected chi connectivity index (χ0v) is 13.6. The average Bonchev–Trinajstić information content (AvgIpc) is 2.35. The Kier molecular flexibility index (Phi) is 4.84. The molecule has 0 saturated heterocycles. The first-order valence-electron chi connectivity index (χ1n) is 6.29. The van der Waals surface area contributed by atoms with E-state index in [1.165, 1.54) is 12.8 Å². The van der Waals surface area contributed by atoms with Crippen LogP contribution in [-0.2, 0) is 0 Å². The van der Waals surface area contributed by atoms with Gasteiger partial charge in [-0.05, 0) is 47.8 Å². The second-order valence-electron chi connectivity index (χ2n) is 4.86. The van der Waals surface area contributed by atoms with Crippen LogP contribution in [0.15, 0.2) is 22.7 Å². The first kappa shape index (κ1) is 14.1. The van der Waals surface area contributed by atoms with Crippen LogP contribution >= 0.6 is 31.9 Å². The van der Waals surface area contributed by atoms with Crippen LogP contribution in [0.25, 0.3) is 0 Å². The Hall–Kier alpha value is -0.350. The Morgan fingerprint density at radius 3 is 2.78 bits per heavy atom. The molecule has 98 valence electrons. The summed E-state index contributed by atoms with van der Waals surface area (Å²) in [5.41, 5.74) is 1.82. The number of halogens is 2. The number of carbonyl (C=O) groups is 1. The molecule has 0 aliphatic heterocycles.